The van der Waals surface area contributed by atoms with Crippen molar-refractivity contribution in [2.45, 2.75) is 4.90 Å². The third-order valence-corrected chi connectivity index (χ3v) is 2.64. The van der Waals surface area contributed by atoms with Crippen molar-refractivity contribution in [1.29, 1.82) is 0 Å². The minimum atomic E-state index is -0.989. The van der Waals surface area contributed by atoms with Crippen LogP contribution in [0.2, 0.25) is 0 Å². The van der Waals surface area contributed by atoms with E-state index in [4.69, 9.17) is 9.84 Å². The molecule has 2 rings (SSSR count). The van der Waals surface area contributed by atoms with Gasteiger partial charge in [-0.05, 0) is 18.0 Å². The maximum atomic E-state index is 10.9. The number of benzene rings is 1. The normalized spacial score (nSPS) is 13.2. The summed E-state index contributed by atoms with van der Waals surface area (Å²) in [5.41, 5.74) is 3.88. The van der Waals surface area contributed by atoms with E-state index in [2.05, 4.69) is 10.3 Å². The van der Waals surface area contributed by atoms with Crippen LogP contribution in [0.25, 0.3) is 0 Å². The number of carboxylic acid groups (broad SMARTS) is 1. The van der Waals surface area contributed by atoms with Crippen LogP contribution < -0.4 is 15.0 Å². The second-order valence-electron chi connectivity index (χ2n) is 2.68. The van der Waals surface area contributed by atoms with Crippen LogP contribution in [0.4, 0.5) is 5.69 Å². The number of carbonyl (C=O) groups is 1. The maximum absolute atomic E-state index is 10.9. The lowest BCUT2D eigenvalue weighted by atomic mass is 10.2. The lowest BCUT2D eigenvalue weighted by molar-refractivity contribution is 0.0693. The molecule has 74 valence electrons. The number of fused-ring (bicyclic) bond motifs is 1. The summed E-state index contributed by atoms with van der Waals surface area (Å²) in [5.74, 6) is -0.634. The molecule has 0 aromatic heterocycles. The Labute approximate surface area is 84.6 Å². The molecule has 0 amide bonds. The number of ether oxygens (including phenoxy) is 1. The summed E-state index contributed by atoms with van der Waals surface area (Å²) in [6.45, 7) is 0. The molecule has 0 unspecified atom stereocenters. The summed E-state index contributed by atoms with van der Waals surface area (Å²) in [6.07, 6.45) is 0. The molecule has 14 heavy (non-hydrogen) atoms. The Kier molecular flexibility index (Phi) is 2.22. The number of carboxylic acids is 1. The number of anilines is 1. The molecule has 0 radical (unpaired) electrons. The molecule has 0 atom stereocenters. The quantitative estimate of drug-likeness (QED) is 0.642. The number of nitrogens with one attached hydrogen (secondary N) is 2. The maximum Gasteiger partial charge on any atom is 0.339 e. The molecule has 6 heteroatoms. The van der Waals surface area contributed by atoms with Crippen molar-refractivity contribution < 1.29 is 14.6 Å². The van der Waals surface area contributed by atoms with Crippen molar-refractivity contribution in [3.63, 3.8) is 0 Å². The zero-order chi connectivity index (χ0) is 10.1. The van der Waals surface area contributed by atoms with Gasteiger partial charge in [-0.25, -0.2) is 4.79 Å². The third-order valence-electron chi connectivity index (χ3n) is 1.88. The van der Waals surface area contributed by atoms with Gasteiger partial charge in [-0.15, -0.1) is 0 Å². The van der Waals surface area contributed by atoms with Gasteiger partial charge in [0.25, 0.3) is 0 Å². The van der Waals surface area contributed by atoms with E-state index in [-0.39, 0.29) is 5.56 Å². The predicted octanol–water partition coefficient (Wildman–Crippen LogP) is 1.33. The van der Waals surface area contributed by atoms with E-state index in [9.17, 15) is 4.79 Å². The molecule has 0 fully saturated rings. The highest BCUT2D eigenvalue weighted by atomic mass is 32.2. The van der Waals surface area contributed by atoms with Crippen molar-refractivity contribution in [3.05, 3.63) is 17.7 Å². The van der Waals surface area contributed by atoms with E-state index in [1.54, 1.807) is 12.1 Å². The van der Waals surface area contributed by atoms with E-state index < -0.39 is 5.97 Å². The van der Waals surface area contributed by atoms with Crippen LogP contribution in [0.3, 0.4) is 0 Å². The minimum absolute atomic E-state index is 0.171. The smallest absolute Gasteiger partial charge is 0.339 e. The van der Waals surface area contributed by atoms with E-state index in [1.807, 2.05) is 0 Å². The van der Waals surface area contributed by atoms with Gasteiger partial charge >= 0.3 is 5.97 Å². The lowest BCUT2D eigenvalue weighted by Crippen LogP contribution is -2.05. The van der Waals surface area contributed by atoms with E-state index in [0.717, 1.165) is 10.6 Å². The Balaban J connectivity index is 2.54. The summed E-state index contributed by atoms with van der Waals surface area (Å²) < 4.78 is 4.97. The molecule has 1 aliphatic heterocycles. The standard InChI is InChI=1S/C8H8N2O3S/c1-13-6-3-5-7(14-10-9-5)2-4(6)8(11)12/h2-3,9-10H,1H3,(H,11,12). The number of aromatic carboxylic acids is 1. The van der Waals surface area contributed by atoms with E-state index >= 15 is 0 Å². The molecule has 0 saturated heterocycles. The van der Waals surface area contributed by atoms with Gasteiger partial charge in [0.05, 0.1) is 17.7 Å². The van der Waals surface area contributed by atoms with Crippen LogP contribution >= 0.6 is 11.9 Å². The average Bonchev–Trinajstić information content (AvgIpc) is 2.62. The summed E-state index contributed by atoms with van der Waals surface area (Å²) >= 11 is 1.34. The fourth-order valence-electron chi connectivity index (χ4n) is 1.21. The molecular weight excluding hydrogens is 204 g/mol. The van der Waals surface area contributed by atoms with Gasteiger partial charge in [0, 0.05) is 6.07 Å². The number of rotatable bonds is 2. The van der Waals surface area contributed by atoms with Gasteiger partial charge in [0.2, 0.25) is 0 Å². The summed E-state index contributed by atoms with van der Waals surface area (Å²) in [5, 5.41) is 8.90. The van der Waals surface area contributed by atoms with Crippen LogP contribution in [-0.2, 0) is 0 Å². The third kappa shape index (κ3) is 1.38. The second kappa shape index (κ2) is 3.39. The first-order chi connectivity index (χ1) is 6.72. The van der Waals surface area contributed by atoms with Crippen molar-refractivity contribution >= 4 is 23.6 Å². The predicted molar refractivity (Wildman–Crippen MR) is 52.6 cm³/mol. The minimum Gasteiger partial charge on any atom is -0.496 e. The van der Waals surface area contributed by atoms with Crippen LogP contribution in [0.15, 0.2) is 17.0 Å². The fraction of sp³-hybridized carbons (Fsp3) is 0.125. The van der Waals surface area contributed by atoms with Crippen molar-refractivity contribution in [3.8, 4) is 5.75 Å². The van der Waals surface area contributed by atoms with E-state index in [0.29, 0.717) is 5.75 Å². The SMILES string of the molecule is COc1cc2c(cc1C(=O)O)SNN2. The molecule has 1 aromatic rings. The van der Waals surface area contributed by atoms with Crippen molar-refractivity contribution in [1.82, 2.24) is 4.83 Å². The number of methoxy groups -OCH3 is 1. The average molecular weight is 212 g/mol. The fourth-order valence-corrected chi connectivity index (χ4v) is 1.88. The van der Waals surface area contributed by atoms with Crippen LogP contribution in [0.5, 0.6) is 5.75 Å². The first kappa shape index (κ1) is 9.17. The van der Waals surface area contributed by atoms with Gasteiger partial charge in [-0.3, -0.25) is 0 Å². The summed E-state index contributed by atoms with van der Waals surface area (Å²) in [6, 6.07) is 3.24. The van der Waals surface area contributed by atoms with E-state index in [1.165, 1.54) is 19.1 Å². The molecule has 3 N–H and O–H groups in total. The van der Waals surface area contributed by atoms with Gasteiger partial charge < -0.3 is 15.3 Å². The number of hydrogen-bond acceptors (Lipinski definition) is 5. The largest absolute Gasteiger partial charge is 0.496 e. The summed E-state index contributed by atoms with van der Waals surface area (Å²) in [4.78, 5) is 14.5. The van der Waals surface area contributed by atoms with Gasteiger partial charge in [0.1, 0.15) is 11.3 Å². The zero-order valence-electron chi connectivity index (χ0n) is 7.33. The lowest BCUT2D eigenvalue weighted by Gasteiger charge is -2.06. The van der Waals surface area contributed by atoms with Crippen molar-refractivity contribution in [2.24, 2.45) is 0 Å². The van der Waals surface area contributed by atoms with Crippen LogP contribution in [0.1, 0.15) is 10.4 Å². The molecule has 5 nitrogen and oxygen atoms in total. The molecular formula is C8H8N2O3S. The first-order valence-electron chi connectivity index (χ1n) is 3.85. The van der Waals surface area contributed by atoms with Crippen molar-refractivity contribution in [2.75, 3.05) is 12.5 Å². The zero-order valence-corrected chi connectivity index (χ0v) is 8.14. The Bertz CT molecular complexity index is 394. The molecule has 0 saturated carbocycles. The molecule has 0 aliphatic carbocycles. The number of hydrogen-bond donors (Lipinski definition) is 3. The highest BCUT2D eigenvalue weighted by Crippen LogP contribution is 2.35. The Morgan fingerprint density at radius 3 is 3.00 bits per heavy atom. The molecule has 1 aliphatic rings. The highest BCUT2D eigenvalue weighted by molar-refractivity contribution is 7.98. The van der Waals surface area contributed by atoms with Crippen LogP contribution in [-0.4, -0.2) is 18.2 Å². The Morgan fingerprint density at radius 2 is 2.36 bits per heavy atom. The Hall–Kier alpha value is -1.40. The monoisotopic (exact) mass is 212 g/mol. The number of hydrazine groups is 1. The second-order valence-corrected chi connectivity index (χ2v) is 3.53. The van der Waals surface area contributed by atoms with Gasteiger partial charge in [-0.1, -0.05) is 0 Å². The molecule has 0 bridgehead atoms. The molecule has 0 spiro atoms. The molecule has 1 heterocycles. The first-order valence-corrected chi connectivity index (χ1v) is 4.67. The van der Waals surface area contributed by atoms with Gasteiger partial charge in [-0.2, -0.15) is 4.83 Å². The topological polar surface area (TPSA) is 70.6 Å². The highest BCUT2D eigenvalue weighted by Gasteiger charge is 2.18. The summed E-state index contributed by atoms with van der Waals surface area (Å²) in [7, 11) is 1.45. The van der Waals surface area contributed by atoms with Gasteiger partial charge in [0.15, 0.2) is 0 Å². The molecule has 1 aromatic carbocycles. The Morgan fingerprint density at radius 1 is 1.57 bits per heavy atom. The van der Waals surface area contributed by atoms with Crippen LogP contribution in [0, 0.1) is 0 Å².